The molecule has 2 atom stereocenters. The molecule has 3 aliphatic rings. The highest BCUT2D eigenvalue weighted by Gasteiger charge is 2.38. The standard InChI is InChI=1S/C23H32N2O/c1-3-17-7-5-8-19(21(17)4-2)16-25(20-10-11-20)23(26)22-12-14-24-13-6-9-18(22)15-24/h5,7-8,12,18,20H,3-4,6,9-11,13-16H2,1-2H3. The van der Waals surface area contributed by atoms with Gasteiger partial charge >= 0.3 is 0 Å². The third-order valence-corrected chi connectivity index (χ3v) is 6.46. The summed E-state index contributed by atoms with van der Waals surface area (Å²) in [5.74, 6) is 0.780. The highest BCUT2D eigenvalue weighted by atomic mass is 16.2. The predicted molar refractivity (Wildman–Crippen MR) is 106 cm³/mol. The minimum atomic E-state index is 0.322. The van der Waals surface area contributed by atoms with Gasteiger partial charge < -0.3 is 4.90 Å². The van der Waals surface area contributed by atoms with E-state index < -0.39 is 0 Å². The lowest BCUT2D eigenvalue weighted by molar-refractivity contribution is -0.129. The zero-order valence-corrected chi connectivity index (χ0v) is 16.3. The minimum absolute atomic E-state index is 0.322. The molecule has 0 N–H and O–H groups in total. The summed E-state index contributed by atoms with van der Waals surface area (Å²) in [6, 6.07) is 7.10. The topological polar surface area (TPSA) is 23.6 Å². The first-order valence-electron chi connectivity index (χ1n) is 10.5. The van der Waals surface area contributed by atoms with Crippen molar-refractivity contribution in [2.45, 2.75) is 65.0 Å². The molecule has 26 heavy (non-hydrogen) atoms. The molecule has 2 heterocycles. The number of carbonyl (C=O) groups excluding carboxylic acids is 1. The predicted octanol–water partition coefficient (Wildman–Crippen LogP) is 3.95. The third kappa shape index (κ3) is 3.46. The van der Waals surface area contributed by atoms with Crippen LogP contribution in [0.5, 0.6) is 0 Å². The van der Waals surface area contributed by atoms with Crippen LogP contribution in [0.3, 0.4) is 0 Å². The van der Waals surface area contributed by atoms with E-state index in [0.717, 1.165) is 38.0 Å². The highest BCUT2D eigenvalue weighted by Crippen LogP contribution is 2.35. The number of carbonyl (C=O) groups is 1. The summed E-state index contributed by atoms with van der Waals surface area (Å²) in [6.07, 6.45) is 9.10. The summed E-state index contributed by atoms with van der Waals surface area (Å²) in [5.41, 5.74) is 5.36. The largest absolute Gasteiger partial charge is 0.332 e. The van der Waals surface area contributed by atoms with Crippen molar-refractivity contribution in [3.8, 4) is 0 Å². The molecule has 0 spiro atoms. The first-order valence-corrected chi connectivity index (χ1v) is 10.5. The molecule has 4 rings (SSSR count). The zero-order valence-electron chi connectivity index (χ0n) is 16.3. The summed E-state index contributed by atoms with van der Waals surface area (Å²) in [5, 5.41) is 0. The Balaban J connectivity index is 1.58. The molecule has 0 aromatic heterocycles. The maximum Gasteiger partial charge on any atom is 0.250 e. The second-order valence-corrected chi connectivity index (χ2v) is 8.18. The summed E-state index contributed by atoms with van der Waals surface area (Å²) < 4.78 is 0. The van der Waals surface area contributed by atoms with Gasteiger partial charge in [-0.05, 0) is 61.8 Å². The van der Waals surface area contributed by atoms with Gasteiger partial charge in [0.05, 0.1) is 0 Å². The van der Waals surface area contributed by atoms with E-state index in [1.54, 1.807) is 0 Å². The molecule has 2 aliphatic heterocycles. The molecule has 140 valence electrons. The van der Waals surface area contributed by atoms with E-state index in [9.17, 15) is 4.79 Å². The molecule has 2 fully saturated rings. The number of nitrogens with zero attached hydrogens (tertiary/aromatic N) is 2. The number of amides is 1. The number of hydrogen-bond donors (Lipinski definition) is 0. The van der Waals surface area contributed by atoms with Crippen LogP contribution in [0.4, 0.5) is 0 Å². The van der Waals surface area contributed by atoms with Crippen LogP contribution in [-0.4, -0.2) is 41.4 Å². The van der Waals surface area contributed by atoms with Gasteiger partial charge in [-0.3, -0.25) is 9.69 Å². The van der Waals surface area contributed by atoms with Crippen LogP contribution >= 0.6 is 0 Å². The Morgan fingerprint density at radius 3 is 2.69 bits per heavy atom. The number of piperidine rings is 1. The van der Waals surface area contributed by atoms with Gasteiger partial charge in [0, 0.05) is 37.2 Å². The molecule has 2 unspecified atom stereocenters. The molecule has 3 heteroatoms. The molecule has 1 aliphatic carbocycles. The molecule has 0 radical (unpaired) electrons. The van der Waals surface area contributed by atoms with Crippen LogP contribution in [0.25, 0.3) is 0 Å². The lowest BCUT2D eigenvalue weighted by atomic mass is 9.86. The lowest BCUT2D eigenvalue weighted by Crippen LogP contribution is -2.44. The fraction of sp³-hybridized carbons (Fsp3) is 0.609. The zero-order chi connectivity index (χ0) is 18.1. The average molecular weight is 353 g/mol. The van der Waals surface area contributed by atoms with Gasteiger partial charge in [0.1, 0.15) is 0 Å². The number of benzene rings is 1. The number of fused-ring (bicyclic) bond motifs is 2. The number of rotatable bonds is 6. The van der Waals surface area contributed by atoms with E-state index in [0.29, 0.717) is 17.9 Å². The maximum absolute atomic E-state index is 13.5. The van der Waals surface area contributed by atoms with Crippen molar-refractivity contribution in [3.63, 3.8) is 0 Å². The monoisotopic (exact) mass is 352 g/mol. The molecule has 1 amide bonds. The molecular formula is C23H32N2O. The smallest absolute Gasteiger partial charge is 0.250 e. The summed E-state index contributed by atoms with van der Waals surface area (Å²) >= 11 is 0. The van der Waals surface area contributed by atoms with Crippen molar-refractivity contribution in [3.05, 3.63) is 46.5 Å². The van der Waals surface area contributed by atoms with Crippen LogP contribution in [0.1, 0.15) is 56.2 Å². The van der Waals surface area contributed by atoms with Gasteiger partial charge in [0.15, 0.2) is 0 Å². The van der Waals surface area contributed by atoms with Gasteiger partial charge in [-0.25, -0.2) is 0 Å². The van der Waals surface area contributed by atoms with Crippen molar-refractivity contribution < 1.29 is 4.79 Å². The number of hydrogen-bond acceptors (Lipinski definition) is 2. The summed E-state index contributed by atoms with van der Waals surface area (Å²) in [6.45, 7) is 8.49. The molecule has 1 saturated carbocycles. The first-order chi connectivity index (χ1) is 12.7. The Labute approximate surface area is 158 Å². The fourth-order valence-corrected chi connectivity index (χ4v) is 4.85. The van der Waals surface area contributed by atoms with E-state index in [4.69, 9.17) is 0 Å². The van der Waals surface area contributed by atoms with Crippen molar-refractivity contribution in [1.29, 1.82) is 0 Å². The van der Waals surface area contributed by atoms with E-state index >= 15 is 0 Å². The van der Waals surface area contributed by atoms with Crippen molar-refractivity contribution in [2.24, 2.45) is 5.92 Å². The van der Waals surface area contributed by atoms with E-state index in [1.165, 1.54) is 48.9 Å². The van der Waals surface area contributed by atoms with Crippen molar-refractivity contribution in [1.82, 2.24) is 9.80 Å². The fourth-order valence-electron chi connectivity index (χ4n) is 4.85. The van der Waals surface area contributed by atoms with Gasteiger partial charge in [-0.15, -0.1) is 0 Å². The SMILES string of the molecule is CCc1cccc(CN(C(=O)C2=CCN3CCCC2C3)C2CC2)c1CC. The lowest BCUT2D eigenvalue weighted by Gasteiger charge is -2.38. The highest BCUT2D eigenvalue weighted by molar-refractivity contribution is 5.94. The van der Waals surface area contributed by atoms with E-state index in [1.807, 2.05) is 0 Å². The van der Waals surface area contributed by atoms with E-state index in [2.05, 4.69) is 47.9 Å². The van der Waals surface area contributed by atoms with E-state index in [-0.39, 0.29) is 0 Å². The second-order valence-electron chi connectivity index (χ2n) is 8.18. The van der Waals surface area contributed by atoms with Crippen LogP contribution in [-0.2, 0) is 24.2 Å². The van der Waals surface area contributed by atoms with Gasteiger partial charge in [-0.1, -0.05) is 38.1 Å². The first kappa shape index (κ1) is 17.8. The molecule has 3 nitrogen and oxygen atoms in total. The third-order valence-electron chi connectivity index (χ3n) is 6.46. The quantitative estimate of drug-likeness (QED) is 0.774. The summed E-state index contributed by atoms with van der Waals surface area (Å²) in [7, 11) is 0. The molecule has 1 aromatic rings. The molecular weight excluding hydrogens is 320 g/mol. The Bertz CT molecular complexity index is 704. The van der Waals surface area contributed by atoms with Crippen LogP contribution in [0, 0.1) is 5.92 Å². The van der Waals surface area contributed by atoms with Gasteiger partial charge in [0.25, 0.3) is 0 Å². The Morgan fingerprint density at radius 2 is 1.96 bits per heavy atom. The van der Waals surface area contributed by atoms with Crippen molar-refractivity contribution in [2.75, 3.05) is 19.6 Å². The van der Waals surface area contributed by atoms with Crippen molar-refractivity contribution >= 4 is 5.91 Å². The molecule has 1 saturated heterocycles. The second kappa shape index (κ2) is 7.56. The number of aryl methyl sites for hydroxylation is 1. The van der Waals surface area contributed by atoms with Crippen LogP contribution in [0.15, 0.2) is 29.8 Å². The minimum Gasteiger partial charge on any atom is -0.332 e. The Hall–Kier alpha value is -1.61. The molecule has 2 bridgehead atoms. The average Bonchev–Trinajstić information content (AvgIpc) is 3.50. The molecule has 1 aromatic carbocycles. The van der Waals surface area contributed by atoms with Gasteiger partial charge in [0.2, 0.25) is 5.91 Å². The Kier molecular flexibility index (Phi) is 5.17. The van der Waals surface area contributed by atoms with Gasteiger partial charge in [-0.2, -0.15) is 0 Å². The van der Waals surface area contributed by atoms with Crippen LogP contribution in [0.2, 0.25) is 0 Å². The maximum atomic E-state index is 13.5. The van der Waals surface area contributed by atoms with Crippen LogP contribution < -0.4 is 0 Å². The summed E-state index contributed by atoms with van der Waals surface area (Å²) in [4.78, 5) is 18.2. The normalized spacial score (nSPS) is 24.9. The Morgan fingerprint density at radius 1 is 1.15 bits per heavy atom.